The molecule has 0 heterocycles. The van der Waals surface area contributed by atoms with E-state index in [0.29, 0.717) is 32.8 Å². The highest BCUT2D eigenvalue weighted by Crippen LogP contribution is 1.95. The minimum atomic E-state index is -0.360. The van der Waals surface area contributed by atoms with Crippen molar-refractivity contribution < 1.29 is 29.2 Å². The van der Waals surface area contributed by atoms with Gasteiger partial charge in [0, 0.05) is 39.6 Å². The van der Waals surface area contributed by atoms with Crippen molar-refractivity contribution in [2.75, 3.05) is 52.9 Å². The Kier molecular flexibility index (Phi) is 39.6. The molecule has 0 spiro atoms. The highest BCUT2D eigenvalue weighted by atomic mass is 16.5. The van der Waals surface area contributed by atoms with Crippen molar-refractivity contribution in [2.24, 2.45) is 0 Å². The van der Waals surface area contributed by atoms with Gasteiger partial charge in [0.25, 0.3) is 0 Å². The van der Waals surface area contributed by atoms with Crippen molar-refractivity contribution in [3.63, 3.8) is 0 Å². The lowest BCUT2D eigenvalue weighted by atomic mass is 10.3. The Morgan fingerprint density at radius 1 is 0.679 bits per heavy atom. The molecule has 0 aliphatic carbocycles. The summed E-state index contributed by atoms with van der Waals surface area (Å²) in [4.78, 5) is 0. The van der Waals surface area contributed by atoms with E-state index in [2.05, 4.69) is 13.8 Å². The summed E-state index contributed by atoms with van der Waals surface area (Å²) >= 11 is 0. The second-order valence-electron chi connectivity index (χ2n) is 6.43. The second-order valence-corrected chi connectivity index (χ2v) is 6.43. The van der Waals surface area contributed by atoms with Crippen molar-refractivity contribution >= 4 is 0 Å². The first-order valence-corrected chi connectivity index (χ1v) is 10.2. The molecule has 0 bridgehead atoms. The first kappa shape index (κ1) is 35.2. The Morgan fingerprint density at radius 3 is 1.71 bits per heavy atom. The molecule has 0 aromatic rings. The van der Waals surface area contributed by atoms with E-state index in [9.17, 15) is 0 Å². The fourth-order valence-electron chi connectivity index (χ4n) is 1.76. The fourth-order valence-corrected chi connectivity index (χ4v) is 1.76. The molecule has 0 saturated heterocycles. The summed E-state index contributed by atoms with van der Waals surface area (Å²) in [5, 5.41) is 17.4. The number of aliphatic hydroxyl groups is 2. The van der Waals surface area contributed by atoms with Crippen molar-refractivity contribution in [1.82, 2.24) is 0 Å². The Morgan fingerprint density at radius 2 is 1.18 bits per heavy atom. The molecule has 0 rings (SSSR count). The van der Waals surface area contributed by atoms with Crippen LogP contribution >= 0.6 is 0 Å². The van der Waals surface area contributed by atoms with Crippen LogP contribution in [0.5, 0.6) is 0 Å². The van der Waals surface area contributed by atoms with Gasteiger partial charge < -0.3 is 29.2 Å². The van der Waals surface area contributed by atoms with Gasteiger partial charge in [-0.1, -0.05) is 41.5 Å². The van der Waals surface area contributed by atoms with Crippen LogP contribution < -0.4 is 0 Å². The van der Waals surface area contributed by atoms with E-state index in [4.69, 9.17) is 29.2 Å². The molecule has 0 aromatic carbocycles. The van der Waals surface area contributed by atoms with Crippen molar-refractivity contribution in [1.29, 1.82) is 0 Å². The van der Waals surface area contributed by atoms with Crippen LogP contribution in [0.15, 0.2) is 0 Å². The van der Waals surface area contributed by atoms with Gasteiger partial charge in [0.05, 0.1) is 25.4 Å². The topological polar surface area (TPSA) is 77.4 Å². The average Bonchev–Trinajstić information content (AvgIpc) is 2.61. The van der Waals surface area contributed by atoms with Gasteiger partial charge in [0.2, 0.25) is 0 Å². The maximum absolute atomic E-state index is 8.87. The molecular formula is C22H52O6. The van der Waals surface area contributed by atoms with Gasteiger partial charge >= 0.3 is 0 Å². The van der Waals surface area contributed by atoms with Gasteiger partial charge in [-0.25, -0.2) is 0 Å². The number of unbranched alkanes of at least 4 members (excludes halogenated alkanes) is 2. The molecular weight excluding hydrogens is 360 g/mol. The summed E-state index contributed by atoms with van der Waals surface area (Å²) in [6.07, 6.45) is 6.00. The standard InChI is InChI=1S/2C10H22O3.2CH4/c1-3-4-7-12-9-10(2)13-8-5-6-11;1-3-4-6-12-7-5-8-13-9-10(2)11;;/h2*10-11H,3-9H2,1-2H3;2*1H4. The number of ether oxygens (including phenoxy) is 4. The number of hydrogen-bond donors (Lipinski definition) is 2. The molecule has 0 fully saturated rings. The van der Waals surface area contributed by atoms with Crippen LogP contribution in [0.2, 0.25) is 0 Å². The van der Waals surface area contributed by atoms with Crippen LogP contribution in [0, 0.1) is 0 Å². The third-order valence-corrected chi connectivity index (χ3v) is 3.28. The molecule has 0 saturated carbocycles. The summed E-state index contributed by atoms with van der Waals surface area (Å²) in [7, 11) is 0. The van der Waals surface area contributed by atoms with Gasteiger partial charge in [-0.05, 0) is 39.5 Å². The van der Waals surface area contributed by atoms with Crippen molar-refractivity contribution in [2.45, 2.75) is 93.3 Å². The van der Waals surface area contributed by atoms with Crippen LogP contribution in [0.25, 0.3) is 0 Å². The van der Waals surface area contributed by atoms with Crippen LogP contribution in [-0.4, -0.2) is 75.3 Å². The number of hydrogen-bond acceptors (Lipinski definition) is 6. The monoisotopic (exact) mass is 412 g/mol. The molecule has 2 atom stereocenters. The van der Waals surface area contributed by atoms with E-state index < -0.39 is 0 Å². The molecule has 0 amide bonds. The largest absolute Gasteiger partial charge is 0.396 e. The Balaban J connectivity index is -0.000000192. The summed E-state index contributed by atoms with van der Waals surface area (Å²) < 4.78 is 21.3. The van der Waals surface area contributed by atoms with E-state index in [1.165, 1.54) is 12.8 Å². The number of rotatable bonds is 18. The lowest BCUT2D eigenvalue weighted by molar-refractivity contribution is -0.0110. The highest BCUT2D eigenvalue weighted by molar-refractivity contribution is 4.47. The Bertz CT molecular complexity index is 239. The summed E-state index contributed by atoms with van der Waals surface area (Å²) in [5.74, 6) is 0. The molecule has 176 valence electrons. The SMILES string of the molecule is C.C.CCCCOCC(C)OCCCO.CCCCOCCCOCC(C)O. The zero-order valence-corrected chi connectivity index (χ0v) is 17.6. The lowest BCUT2D eigenvalue weighted by Crippen LogP contribution is -2.17. The van der Waals surface area contributed by atoms with E-state index in [1.807, 2.05) is 6.92 Å². The van der Waals surface area contributed by atoms with Crippen LogP contribution in [0.3, 0.4) is 0 Å². The van der Waals surface area contributed by atoms with Crippen LogP contribution in [-0.2, 0) is 18.9 Å². The smallest absolute Gasteiger partial charge is 0.0780 e. The molecule has 0 aliphatic heterocycles. The van der Waals surface area contributed by atoms with E-state index in [-0.39, 0.29) is 33.7 Å². The fraction of sp³-hybridized carbons (Fsp3) is 1.00. The van der Waals surface area contributed by atoms with Crippen molar-refractivity contribution in [3.05, 3.63) is 0 Å². The maximum atomic E-state index is 8.87. The molecule has 0 aliphatic rings. The van der Waals surface area contributed by atoms with E-state index in [1.54, 1.807) is 6.92 Å². The van der Waals surface area contributed by atoms with Gasteiger partial charge in [-0.15, -0.1) is 0 Å². The van der Waals surface area contributed by atoms with Gasteiger partial charge in [-0.2, -0.15) is 0 Å². The maximum Gasteiger partial charge on any atom is 0.0780 e. The first-order chi connectivity index (χ1) is 12.6. The van der Waals surface area contributed by atoms with Gasteiger partial charge in [0.1, 0.15) is 0 Å². The average molecular weight is 413 g/mol. The quantitative estimate of drug-likeness (QED) is 0.324. The zero-order valence-electron chi connectivity index (χ0n) is 17.6. The van der Waals surface area contributed by atoms with Gasteiger partial charge in [0.15, 0.2) is 0 Å². The molecule has 6 heteroatoms. The Hall–Kier alpha value is -0.240. The lowest BCUT2D eigenvalue weighted by Gasteiger charge is -2.12. The third kappa shape index (κ3) is 36.6. The predicted octanol–water partition coefficient (Wildman–Crippen LogP) is 4.45. The normalized spacial score (nSPS) is 12.2. The molecule has 2 unspecified atom stereocenters. The summed E-state index contributed by atoms with van der Waals surface area (Å²) in [5.41, 5.74) is 0. The minimum Gasteiger partial charge on any atom is -0.396 e. The van der Waals surface area contributed by atoms with Crippen LogP contribution in [0.1, 0.15) is 81.1 Å². The Labute approximate surface area is 175 Å². The molecule has 0 aromatic heterocycles. The zero-order chi connectivity index (χ0) is 19.9. The molecule has 0 radical (unpaired) electrons. The minimum absolute atomic E-state index is 0. The highest BCUT2D eigenvalue weighted by Gasteiger charge is 2.01. The third-order valence-electron chi connectivity index (χ3n) is 3.28. The first-order valence-electron chi connectivity index (χ1n) is 10.2. The molecule has 28 heavy (non-hydrogen) atoms. The van der Waals surface area contributed by atoms with Gasteiger partial charge in [-0.3, -0.25) is 0 Å². The predicted molar refractivity (Wildman–Crippen MR) is 119 cm³/mol. The van der Waals surface area contributed by atoms with E-state index in [0.717, 1.165) is 39.1 Å². The second kappa shape index (κ2) is 31.5. The number of aliphatic hydroxyl groups excluding tert-OH is 2. The summed E-state index contributed by atoms with van der Waals surface area (Å²) in [6, 6.07) is 0. The van der Waals surface area contributed by atoms with Crippen molar-refractivity contribution in [3.8, 4) is 0 Å². The molecule has 2 N–H and O–H groups in total. The molecule has 6 nitrogen and oxygen atoms in total. The van der Waals surface area contributed by atoms with Crippen LogP contribution in [0.4, 0.5) is 0 Å². The van der Waals surface area contributed by atoms with E-state index >= 15 is 0 Å². The summed E-state index contributed by atoms with van der Waals surface area (Å²) in [6.45, 7) is 13.0.